The van der Waals surface area contributed by atoms with Crippen molar-refractivity contribution in [3.05, 3.63) is 51.9 Å². The summed E-state index contributed by atoms with van der Waals surface area (Å²) in [6.45, 7) is 7.26. The lowest BCUT2D eigenvalue weighted by molar-refractivity contribution is -0.147. The molecule has 0 aliphatic heterocycles. The van der Waals surface area contributed by atoms with Crippen LogP contribution in [0, 0.1) is 5.41 Å². The van der Waals surface area contributed by atoms with Crippen LogP contribution in [0.3, 0.4) is 0 Å². The normalized spacial score (nSPS) is 12.0. The van der Waals surface area contributed by atoms with Gasteiger partial charge in [0, 0.05) is 23.4 Å². The molecular weight excluding hydrogens is 348 g/mol. The molecule has 26 heavy (non-hydrogen) atoms. The zero-order valence-corrected chi connectivity index (χ0v) is 16.1. The Morgan fingerprint density at radius 1 is 1.27 bits per heavy atom. The van der Waals surface area contributed by atoms with E-state index in [2.05, 4.69) is 0 Å². The Kier molecular flexibility index (Phi) is 4.71. The Labute approximate surface area is 155 Å². The van der Waals surface area contributed by atoms with Crippen molar-refractivity contribution in [1.82, 2.24) is 9.55 Å². The lowest BCUT2D eigenvalue weighted by atomic mass is 9.93. The molecule has 2 aromatic heterocycles. The van der Waals surface area contributed by atoms with Crippen molar-refractivity contribution in [2.24, 2.45) is 5.41 Å². The van der Waals surface area contributed by atoms with Crippen molar-refractivity contribution in [2.45, 2.75) is 40.2 Å². The lowest BCUT2D eigenvalue weighted by Crippen LogP contribution is -2.36. The molecule has 0 bridgehead atoms. The van der Waals surface area contributed by atoms with Crippen LogP contribution >= 0.6 is 11.3 Å². The minimum absolute atomic E-state index is 0.0129. The average Bonchev–Trinajstić information content (AvgIpc) is 3.01. The van der Waals surface area contributed by atoms with Crippen LogP contribution in [0.5, 0.6) is 0 Å². The number of rotatable bonds is 5. The summed E-state index contributed by atoms with van der Waals surface area (Å²) >= 11 is 1.45. The second kappa shape index (κ2) is 6.68. The number of fused-ring (bicyclic) bond motifs is 1. The van der Waals surface area contributed by atoms with Crippen LogP contribution in [-0.2, 0) is 11.3 Å². The molecule has 3 rings (SSSR count). The Bertz CT molecular complexity index is 1020. The van der Waals surface area contributed by atoms with E-state index in [1.54, 1.807) is 18.4 Å². The van der Waals surface area contributed by atoms with E-state index in [0.29, 0.717) is 16.0 Å². The zero-order chi connectivity index (χ0) is 19.1. The molecule has 136 valence electrons. The summed E-state index contributed by atoms with van der Waals surface area (Å²) in [7, 11) is 0. The fourth-order valence-corrected chi connectivity index (χ4v) is 3.87. The third kappa shape index (κ3) is 3.17. The molecule has 0 saturated heterocycles. The number of aliphatic carboxylic acids is 1. The topological polar surface area (TPSA) is 72.2 Å². The van der Waals surface area contributed by atoms with Crippen molar-refractivity contribution >= 4 is 27.5 Å². The number of aromatic nitrogens is 2. The summed E-state index contributed by atoms with van der Waals surface area (Å²) in [5.41, 5.74) is 0.568. The van der Waals surface area contributed by atoms with Gasteiger partial charge in [-0.25, -0.2) is 4.98 Å². The molecular formula is C20H22N2O3S. The van der Waals surface area contributed by atoms with E-state index in [4.69, 9.17) is 4.98 Å². The molecule has 0 saturated carbocycles. The summed E-state index contributed by atoms with van der Waals surface area (Å²) in [4.78, 5) is 30.3. The number of carbonyl (C=O) groups is 1. The minimum Gasteiger partial charge on any atom is -0.481 e. The summed E-state index contributed by atoms with van der Waals surface area (Å²) < 4.78 is 1.54. The van der Waals surface area contributed by atoms with Gasteiger partial charge in [-0.05, 0) is 19.4 Å². The molecule has 6 heteroatoms. The Hall–Kier alpha value is -2.47. The molecule has 0 amide bonds. The predicted molar refractivity (Wildman–Crippen MR) is 105 cm³/mol. The maximum Gasteiger partial charge on any atom is 0.310 e. The molecule has 0 spiro atoms. The number of hydrogen-bond donors (Lipinski definition) is 1. The first kappa shape index (κ1) is 18.3. The molecule has 0 fully saturated rings. The number of nitrogens with zero attached hydrogens (tertiary/aromatic N) is 2. The molecule has 0 unspecified atom stereocenters. The summed E-state index contributed by atoms with van der Waals surface area (Å²) in [6, 6.07) is 9.72. The van der Waals surface area contributed by atoms with Gasteiger partial charge in [-0.2, -0.15) is 0 Å². The zero-order valence-electron chi connectivity index (χ0n) is 15.3. The van der Waals surface area contributed by atoms with Gasteiger partial charge in [-0.3, -0.25) is 14.2 Å². The Balaban J connectivity index is 2.29. The van der Waals surface area contributed by atoms with Crippen LogP contribution in [-0.4, -0.2) is 20.6 Å². The highest BCUT2D eigenvalue weighted by molar-refractivity contribution is 7.17. The van der Waals surface area contributed by atoms with E-state index in [9.17, 15) is 14.7 Å². The Morgan fingerprint density at radius 3 is 2.50 bits per heavy atom. The summed E-state index contributed by atoms with van der Waals surface area (Å²) in [5.74, 6) is -0.301. The van der Waals surface area contributed by atoms with E-state index < -0.39 is 11.4 Å². The van der Waals surface area contributed by atoms with Gasteiger partial charge in [0.1, 0.15) is 10.7 Å². The van der Waals surface area contributed by atoms with E-state index in [1.165, 1.54) is 11.3 Å². The van der Waals surface area contributed by atoms with E-state index in [1.807, 2.05) is 49.6 Å². The van der Waals surface area contributed by atoms with Gasteiger partial charge in [0.2, 0.25) is 0 Å². The first-order chi connectivity index (χ1) is 12.2. The molecule has 5 nitrogen and oxygen atoms in total. The second-order valence-electron chi connectivity index (χ2n) is 7.40. The predicted octanol–water partition coefficient (Wildman–Crippen LogP) is 4.36. The van der Waals surface area contributed by atoms with Gasteiger partial charge in [0.05, 0.1) is 10.8 Å². The minimum atomic E-state index is -1.06. The summed E-state index contributed by atoms with van der Waals surface area (Å²) in [6.07, 6.45) is 0. The highest BCUT2D eigenvalue weighted by Gasteiger charge is 2.30. The van der Waals surface area contributed by atoms with Crippen LogP contribution in [0.4, 0.5) is 0 Å². The molecule has 1 N–H and O–H groups in total. The standard InChI is InChI=1S/C20H22N2O3S/c1-12(2)16-21-17-15(14(10-26-17)13-8-6-5-7-9-13)18(23)22(16)11-20(3,4)19(24)25/h5-10,12H,11H2,1-4H3,(H,24,25). The van der Waals surface area contributed by atoms with Crippen LogP contribution in [0.1, 0.15) is 39.4 Å². The van der Waals surface area contributed by atoms with Crippen molar-refractivity contribution in [3.63, 3.8) is 0 Å². The van der Waals surface area contributed by atoms with Crippen LogP contribution in [0.2, 0.25) is 0 Å². The smallest absolute Gasteiger partial charge is 0.310 e. The number of hydrogen-bond acceptors (Lipinski definition) is 4. The maximum atomic E-state index is 13.3. The van der Waals surface area contributed by atoms with E-state index >= 15 is 0 Å². The van der Waals surface area contributed by atoms with Crippen molar-refractivity contribution in [2.75, 3.05) is 0 Å². The molecule has 1 aromatic carbocycles. The highest BCUT2D eigenvalue weighted by Crippen LogP contribution is 2.32. The van der Waals surface area contributed by atoms with Crippen molar-refractivity contribution in [3.8, 4) is 11.1 Å². The highest BCUT2D eigenvalue weighted by atomic mass is 32.1. The van der Waals surface area contributed by atoms with Gasteiger partial charge in [-0.15, -0.1) is 11.3 Å². The molecule has 2 heterocycles. The number of benzene rings is 1. The van der Waals surface area contributed by atoms with Gasteiger partial charge in [0.25, 0.3) is 5.56 Å². The lowest BCUT2D eigenvalue weighted by Gasteiger charge is -2.23. The fraction of sp³-hybridized carbons (Fsp3) is 0.350. The third-order valence-corrected chi connectivity index (χ3v) is 5.33. The monoisotopic (exact) mass is 370 g/mol. The number of carboxylic acids is 1. The SMILES string of the molecule is CC(C)c1nc2scc(-c3ccccc3)c2c(=O)n1CC(C)(C)C(=O)O. The number of thiophene rings is 1. The maximum absolute atomic E-state index is 13.3. The van der Waals surface area contributed by atoms with Crippen molar-refractivity contribution in [1.29, 1.82) is 0 Å². The molecule has 3 aromatic rings. The summed E-state index contributed by atoms with van der Waals surface area (Å²) in [5, 5.41) is 12.0. The van der Waals surface area contributed by atoms with Crippen LogP contribution in [0.15, 0.2) is 40.5 Å². The first-order valence-corrected chi connectivity index (χ1v) is 9.41. The van der Waals surface area contributed by atoms with E-state index in [0.717, 1.165) is 11.1 Å². The van der Waals surface area contributed by atoms with Gasteiger partial charge >= 0.3 is 5.97 Å². The Morgan fingerprint density at radius 2 is 1.92 bits per heavy atom. The van der Waals surface area contributed by atoms with Gasteiger partial charge in [0.15, 0.2) is 0 Å². The fourth-order valence-electron chi connectivity index (χ4n) is 2.93. The third-order valence-electron chi connectivity index (χ3n) is 4.46. The molecule has 0 aliphatic rings. The molecule has 0 aliphatic carbocycles. The van der Waals surface area contributed by atoms with E-state index in [-0.39, 0.29) is 18.0 Å². The second-order valence-corrected chi connectivity index (χ2v) is 8.26. The van der Waals surface area contributed by atoms with Gasteiger partial charge < -0.3 is 5.11 Å². The average molecular weight is 370 g/mol. The largest absolute Gasteiger partial charge is 0.481 e. The van der Waals surface area contributed by atoms with Gasteiger partial charge in [-0.1, -0.05) is 44.2 Å². The quantitative estimate of drug-likeness (QED) is 0.724. The van der Waals surface area contributed by atoms with Crippen LogP contribution < -0.4 is 5.56 Å². The molecule has 0 radical (unpaired) electrons. The first-order valence-electron chi connectivity index (χ1n) is 8.53. The molecule has 0 atom stereocenters. The van der Waals surface area contributed by atoms with Crippen LogP contribution in [0.25, 0.3) is 21.3 Å². The number of carboxylic acid groups (broad SMARTS) is 1. The van der Waals surface area contributed by atoms with Crippen molar-refractivity contribution < 1.29 is 9.90 Å².